The van der Waals surface area contributed by atoms with Crippen molar-refractivity contribution >= 4 is 23.3 Å². The molecule has 0 radical (unpaired) electrons. The molecule has 0 aromatic heterocycles. The van der Waals surface area contributed by atoms with E-state index < -0.39 is 6.03 Å². The van der Waals surface area contributed by atoms with Gasteiger partial charge in [-0.15, -0.1) is 0 Å². The number of benzene rings is 2. The van der Waals surface area contributed by atoms with Crippen LogP contribution >= 0.6 is 0 Å². The van der Waals surface area contributed by atoms with E-state index in [0.29, 0.717) is 47.3 Å². The molecule has 0 aliphatic carbocycles. The number of hydrogen-bond donors (Lipinski definition) is 3. The van der Waals surface area contributed by atoms with Gasteiger partial charge in [-0.25, -0.2) is 4.79 Å². The lowest BCUT2D eigenvalue weighted by Gasteiger charge is -2.30. The standard InChI is InChI=1S/C25H32N4O6/c1-15-11-26-16(2)13-33-20-7-5-17(9-19(20)24(30)29(3)12-23(15)32-4)27-25(31)28-18-6-8-21-22(10-18)35-14-34-21/h5-10,15-16,23,26H,11-14H2,1-4H3,(H2,27,28,31)/t15-,16-,23-/m0/s1. The third-order valence-electron chi connectivity index (χ3n) is 6.11. The number of carbonyl (C=O) groups excluding carboxylic acids is 2. The Bertz CT molecular complexity index is 1080. The number of amides is 3. The van der Waals surface area contributed by atoms with Gasteiger partial charge < -0.3 is 39.8 Å². The second kappa shape index (κ2) is 10.8. The maximum Gasteiger partial charge on any atom is 0.323 e. The van der Waals surface area contributed by atoms with Crippen molar-refractivity contribution in [3.05, 3.63) is 42.0 Å². The van der Waals surface area contributed by atoms with Gasteiger partial charge in [0.25, 0.3) is 5.91 Å². The first-order valence-corrected chi connectivity index (χ1v) is 11.6. The number of carbonyl (C=O) groups is 2. The molecule has 2 aliphatic rings. The molecular formula is C25H32N4O6. The number of urea groups is 1. The number of rotatable bonds is 3. The molecule has 0 fully saturated rings. The van der Waals surface area contributed by atoms with Crippen molar-refractivity contribution in [2.24, 2.45) is 5.92 Å². The highest BCUT2D eigenvalue weighted by molar-refractivity contribution is 6.02. The Labute approximate surface area is 204 Å². The number of ether oxygens (including phenoxy) is 4. The molecule has 0 bridgehead atoms. The van der Waals surface area contributed by atoms with E-state index in [1.54, 1.807) is 55.5 Å². The molecule has 2 aliphatic heterocycles. The monoisotopic (exact) mass is 484 g/mol. The quantitative estimate of drug-likeness (QED) is 0.614. The lowest BCUT2D eigenvalue weighted by Crippen LogP contribution is -2.44. The largest absolute Gasteiger partial charge is 0.491 e. The first kappa shape index (κ1) is 24.6. The predicted octanol–water partition coefficient (Wildman–Crippen LogP) is 3.15. The van der Waals surface area contributed by atoms with Crippen LogP contribution in [0, 0.1) is 5.92 Å². The Kier molecular flexibility index (Phi) is 7.62. The Balaban J connectivity index is 1.52. The fourth-order valence-corrected chi connectivity index (χ4v) is 4.01. The molecule has 10 heteroatoms. The molecule has 10 nitrogen and oxygen atoms in total. The van der Waals surface area contributed by atoms with Gasteiger partial charge in [0.15, 0.2) is 11.5 Å². The van der Waals surface area contributed by atoms with E-state index in [9.17, 15) is 9.59 Å². The van der Waals surface area contributed by atoms with Gasteiger partial charge >= 0.3 is 6.03 Å². The molecule has 3 N–H and O–H groups in total. The maximum absolute atomic E-state index is 13.4. The first-order valence-electron chi connectivity index (χ1n) is 11.6. The molecule has 4 rings (SSSR count). The zero-order chi connectivity index (χ0) is 24.9. The number of nitrogens with zero attached hydrogens (tertiary/aromatic N) is 1. The summed E-state index contributed by atoms with van der Waals surface area (Å²) in [5.74, 6) is 1.65. The van der Waals surface area contributed by atoms with Crippen LogP contribution in [0.5, 0.6) is 17.2 Å². The summed E-state index contributed by atoms with van der Waals surface area (Å²) in [6, 6.07) is 9.81. The van der Waals surface area contributed by atoms with E-state index in [-0.39, 0.29) is 30.8 Å². The molecule has 2 aromatic rings. The second-order valence-corrected chi connectivity index (χ2v) is 8.92. The smallest absolute Gasteiger partial charge is 0.323 e. The molecule has 3 atom stereocenters. The second-order valence-electron chi connectivity index (χ2n) is 8.92. The minimum atomic E-state index is -0.454. The number of hydrogen-bond acceptors (Lipinski definition) is 7. The van der Waals surface area contributed by atoms with Crippen LogP contribution in [0.4, 0.5) is 16.2 Å². The van der Waals surface area contributed by atoms with Crippen LogP contribution in [0.25, 0.3) is 0 Å². The van der Waals surface area contributed by atoms with E-state index in [1.165, 1.54) is 0 Å². The van der Waals surface area contributed by atoms with Crippen molar-refractivity contribution in [1.82, 2.24) is 10.2 Å². The fraction of sp³-hybridized carbons (Fsp3) is 0.440. The molecule has 2 aromatic carbocycles. The molecule has 2 heterocycles. The van der Waals surface area contributed by atoms with Gasteiger partial charge in [0.2, 0.25) is 6.79 Å². The van der Waals surface area contributed by atoms with Crippen molar-refractivity contribution in [2.75, 3.05) is 51.3 Å². The van der Waals surface area contributed by atoms with Gasteiger partial charge in [-0.3, -0.25) is 4.79 Å². The van der Waals surface area contributed by atoms with Crippen LogP contribution in [0.15, 0.2) is 36.4 Å². The van der Waals surface area contributed by atoms with Crippen LogP contribution in [0.2, 0.25) is 0 Å². The number of anilines is 2. The van der Waals surface area contributed by atoms with E-state index >= 15 is 0 Å². The molecule has 0 spiro atoms. The van der Waals surface area contributed by atoms with Crippen molar-refractivity contribution in [1.29, 1.82) is 0 Å². The number of nitrogens with one attached hydrogen (secondary N) is 3. The van der Waals surface area contributed by atoms with E-state index in [1.807, 2.05) is 6.92 Å². The third kappa shape index (κ3) is 5.95. The van der Waals surface area contributed by atoms with Crippen molar-refractivity contribution in [2.45, 2.75) is 26.0 Å². The van der Waals surface area contributed by atoms with Crippen LogP contribution in [-0.4, -0.2) is 69.6 Å². The van der Waals surface area contributed by atoms with Gasteiger partial charge in [-0.2, -0.15) is 0 Å². The average Bonchev–Trinajstić information content (AvgIpc) is 3.31. The topological polar surface area (TPSA) is 110 Å². The third-order valence-corrected chi connectivity index (χ3v) is 6.11. The highest BCUT2D eigenvalue weighted by Crippen LogP contribution is 2.34. The minimum Gasteiger partial charge on any atom is -0.491 e. The summed E-state index contributed by atoms with van der Waals surface area (Å²) in [6.07, 6.45) is -0.124. The minimum absolute atomic E-state index is 0.0837. The number of fused-ring (bicyclic) bond motifs is 2. The summed E-state index contributed by atoms with van der Waals surface area (Å²) in [5, 5.41) is 9.00. The zero-order valence-electron chi connectivity index (χ0n) is 20.4. The van der Waals surface area contributed by atoms with E-state index in [4.69, 9.17) is 18.9 Å². The van der Waals surface area contributed by atoms with Crippen molar-refractivity contribution in [3.63, 3.8) is 0 Å². The number of likely N-dealkylation sites (N-methyl/N-ethyl adjacent to an activating group) is 1. The van der Waals surface area contributed by atoms with Gasteiger partial charge in [0.05, 0.1) is 11.7 Å². The Morgan fingerprint density at radius 3 is 2.46 bits per heavy atom. The Morgan fingerprint density at radius 1 is 1.03 bits per heavy atom. The average molecular weight is 485 g/mol. The normalized spacial score (nSPS) is 22.3. The summed E-state index contributed by atoms with van der Waals surface area (Å²) in [4.78, 5) is 27.6. The fourth-order valence-electron chi connectivity index (χ4n) is 4.01. The molecular weight excluding hydrogens is 452 g/mol. The SMILES string of the molecule is CO[C@H]1CN(C)C(=O)c2cc(NC(=O)Nc3ccc4c(c3)OCO4)ccc2OC[C@H](C)NC[C@@H]1C. The lowest BCUT2D eigenvalue weighted by atomic mass is 10.0. The molecule has 188 valence electrons. The predicted molar refractivity (Wildman–Crippen MR) is 132 cm³/mol. The van der Waals surface area contributed by atoms with Gasteiger partial charge in [0, 0.05) is 50.7 Å². The molecule has 35 heavy (non-hydrogen) atoms. The van der Waals surface area contributed by atoms with E-state index in [0.717, 1.165) is 6.54 Å². The first-order chi connectivity index (χ1) is 16.8. The number of methoxy groups -OCH3 is 1. The summed E-state index contributed by atoms with van der Waals surface area (Å²) in [6.45, 7) is 5.85. The van der Waals surface area contributed by atoms with Crippen LogP contribution in [-0.2, 0) is 4.74 Å². The molecule has 0 saturated heterocycles. The lowest BCUT2D eigenvalue weighted by molar-refractivity contribution is 0.0281. The summed E-state index contributed by atoms with van der Waals surface area (Å²) in [7, 11) is 3.39. The van der Waals surface area contributed by atoms with Gasteiger partial charge in [0.1, 0.15) is 12.4 Å². The highest BCUT2D eigenvalue weighted by Gasteiger charge is 2.26. The summed E-state index contributed by atoms with van der Waals surface area (Å²) in [5.41, 5.74) is 1.38. The van der Waals surface area contributed by atoms with Crippen LogP contribution < -0.4 is 30.2 Å². The van der Waals surface area contributed by atoms with Crippen molar-refractivity contribution in [3.8, 4) is 17.2 Å². The van der Waals surface area contributed by atoms with Crippen LogP contribution in [0.1, 0.15) is 24.2 Å². The maximum atomic E-state index is 13.4. The van der Waals surface area contributed by atoms with Gasteiger partial charge in [-0.05, 0) is 43.2 Å². The van der Waals surface area contributed by atoms with Gasteiger partial charge in [-0.1, -0.05) is 6.92 Å². The summed E-state index contributed by atoms with van der Waals surface area (Å²) >= 11 is 0. The summed E-state index contributed by atoms with van der Waals surface area (Å²) < 4.78 is 22.3. The Morgan fingerprint density at radius 2 is 1.71 bits per heavy atom. The molecule has 0 unspecified atom stereocenters. The van der Waals surface area contributed by atoms with Crippen molar-refractivity contribution < 1.29 is 28.5 Å². The molecule has 3 amide bonds. The zero-order valence-corrected chi connectivity index (χ0v) is 20.4. The van der Waals surface area contributed by atoms with E-state index in [2.05, 4.69) is 22.9 Å². The molecule has 0 saturated carbocycles. The highest BCUT2D eigenvalue weighted by atomic mass is 16.7. The Hall–Kier alpha value is -3.50. The van der Waals surface area contributed by atoms with Crippen LogP contribution in [0.3, 0.4) is 0 Å².